The summed E-state index contributed by atoms with van der Waals surface area (Å²) in [5, 5.41) is 2.76. The van der Waals surface area contributed by atoms with E-state index in [1.165, 1.54) is 0 Å². The Balaban J connectivity index is 2.45. The van der Waals surface area contributed by atoms with Gasteiger partial charge in [0.25, 0.3) is 0 Å². The van der Waals surface area contributed by atoms with Crippen molar-refractivity contribution in [1.29, 1.82) is 0 Å². The SMILES string of the molecule is CC(C)NC(=O)CCC(=O)c1ccc(Br)cc1. The van der Waals surface area contributed by atoms with Crippen LogP contribution < -0.4 is 5.32 Å². The Labute approximate surface area is 110 Å². The summed E-state index contributed by atoms with van der Waals surface area (Å²) in [6.07, 6.45) is 0.493. The standard InChI is InChI=1S/C13H16BrNO2/c1-9(2)15-13(17)8-7-12(16)10-3-5-11(14)6-4-10/h3-6,9H,7-8H2,1-2H3,(H,15,17). The van der Waals surface area contributed by atoms with E-state index in [2.05, 4.69) is 21.2 Å². The van der Waals surface area contributed by atoms with Crippen LogP contribution >= 0.6 is 15.9 Å². The van der Waals surface area contributed by atoms with Crippen molar-refractivity contribution in [3.8, 4) is 0 Å². The zero-order valence-electron chi connectivity index (χ0n) is 10.00. The lowest BCUT2D eigenvalue weighted by Crippen LogP contribution is -2.30. The summed E-state index contributed by atoms with van der Waals surface area (Å²) in [5.74, 6) is -0.0816. The number of hydrogen-bond donors (Lipinski definition) is 1. The fourth-order valence-electron chi connectivity index (χ4n) is 1.40. The molecule has 17 heavy (non-hydrogen) atoms. The Hall–Kier alpha value is -1.16. The van der Waals surface area contributed by atoms with Gasteiger partial charge in [-0.15, -0.1) is 0 Å². The van der Waals surface area contributed by atoms with Crippen LogP contribution in [-0.2, 0) is 4.79 Å². The fourth-order valence-corrected chi connectivity index (χ4v) is 1.67. The maximum Gasteiger partial charge on any atom is 0.220 e. The summed E-state index contributed by atoms with van der Waals surface area (Å²) in [6.45, 7) is 3.79. The third kappa shape index (κ3) is 5.13. The van der Waals surface area contributed by atoms with Crippen LogP contribution in [0.1, 0.15) is 37.0 Å². The lowest BCUT2D eigenvalue weighted by Gasteiger charge is -2.07. The second-order valence-corrected chi connectivity index (χ2v) is 5.07. The molecule has 0 unspecified atom stereocenters. The van der Waals surface area contributed by atoms with E-state index in [-0.39, 0.29) is 30.6 Å². The molecule has 1 aromatic rings. The average Bonchev–Trinajstić information content (AvgIpc) is 2.26. The fraction of sp³-hybridized carbons (Fsp3) is 0.385. The molecule has 0 aliphatic rings. The third-order valence-electron chi connectivity index (χ3n) is 2.19. The van der Waals surface area contributed by atoms with Crippen molar-refractivity contribution in [3.05, 3.63) is 34.3 Å². The number of rotatable bonds is 5. The highest BCUT2D eigenvalue weighted by molar-refractivity contribution is 9.10. The molecule has 0 heterocycles. The first-order chi connectivity index (χ1) is 7.99. The van der Waals surface area contributed by atoms with E-state index < -0.39 is 0 Å². The van der Waals surface area contributed by atoms with Gasteiger partial charge in [-0.1, -0.05) is 28.1 Å². The molecule has 0 radical (unpaired) electrons. The van der Waals surface area contributed by atoms with Gasteiger partial charge in [-0.2, -0.15) is 0 Å². The lowest BCUT2D eigenvalue weighted by atomic mass is 10.1. The molecule has 0 fully saturated rings. The molecule has 3 nitrogen and oxygen atoms in total. The first-order valence-electron chi connectivity index (χ1n) is 5.57. The smallest absolute Gasteiger partial charge is 0.220 e. The number of ketones is 1. The number of halogens is 1. The molecule has 1 aromatic carbocycles. The first-order valence-corrected chi connectivity index (χ1v) is 6.36. The average molecular weight is 298 g/mol. The second-order valence-electron chi connectivity index (χ2n) is 4.15. The van der Waals surface area contributed by atoms with Gasteiger partial charge in [0, 0.05) is 28.9 Å². The van der Waals surface area contributed by atoms with Crippen LogP contribution in [0.5, 0.6) is 0 Å². The van der Waals surface area contributed by atoms with Crippen LogP contribution in [0.15, 0.2) is 28.7 Å². The van der Waals surface area contributed by atoms with E-state index >= 15 is 0 Å². The minimum absolute atomic E-state index is 0.00333. The normalized spacial score (nSPS) is 10.4. The molecule has 0 spiro atoms. The van der Waals surface area contributed by atoms with Crippen LogP contribution in [0.4, 0.5) is 0 Å². The molecule has 0 bridgehead atoms. The highest BCUT2D eigenvalue weighted by Crippen LogP contribution is 2.12. The molecule has 0 saturated heterocycles. The molecule has 0 aliphatic heterocycles. The van der Waals surface area contributed by atoms with Gasteiger partial charge in [-0.05, 0) is 26.0 Å². The monoisotopic (exact) mass is 297 g/mol. The van der Waals surface area contributed by atoms with Gasteiger partial charge in [0.15, 0.2) is 5.78 Å². The summed E-state index contributed by atoms with van der Waals surface area (Å²) in [6, 6.07) is 7.27. The molecule has 0 saturated carbocycles. The largest absolute Gasteiger partial charge is 0.354 e. The highest BCUT2D eigenvalue weighted by atomic mass is 79.9. The van der Waals surface area contributed by atoms with E-state index in [0.717, 1.165) is 4.47 Å². The second kappa shape index (κ2) is 6.55. The van der Waals surface area contributed by atoms with Crippen LogP contribution in [0.25, 0.3) is 0 Å². The summed E-state index contributed by atoms with van der Waals surface area (Å²) in [7, 11) is 0. The van der Waals surface area contributed by atoms with Crippen molar-refractivity contribution < 1.29 is 9.59 Å². The van der Waals surface area contributed by atoms with Gasteiger partial charge >= 0.3 is 0 Å². The zero-order valence-corrected chi connectivity index (χ0v) is 11.6. The first kappa shape index (κ1) is 13.9. The van der Waals surface area contributed by atoms with Crippen LogP contribution in [0.2, 0.25) is 0 Å². The van der Waals surface area contributed by atoms with Gasteiger partial charge < -0.3 is 5.32 Å². The Morgan fingerprint density at radius 1 is 1.18 bits per heavy atom. The van der Waals surface area contributed by atoms with Crippen molar-refractivity contribution >= 4 is 27.6 Å². The molecule has 0 atom stereocenters. The molecule has 1 rings (SSSR count). The molecule has 0 aliphatic carbocycles. The zero-order chi connectivity index (χ0) is 12.8. The Morgan fingerprint density at radius 2 is 1.76 bits per heavy atom. The van der Waals surface area contributed by atoms with E-state index in [4.69, 9.17) is 0 Å². The van der Waals surface area contributed by atoms with Crippen molar-refractivity contribution in [1.82, 2.24) is 5.32 Å². The third-order valence-corrected chi connectivity index (χ3v) is 2.72. The van der Waals surface area contributed by atoms with E-state index in [1.54, 1.807) is 12.1 Å². The summed E-state index contributed by atoms with van der Waals surface area (Å²) in [5.41, 5.74) is 0.644. The molecular formula is C13H16BrNO2. The minimum atomic E-state index is -0.0783. The summed E-state index contributed by atoms with van der Waals surface area (Å²) < 4.78 is 0.937. The van der Waals surface area contributed by atoms with Crippen molar-refractivity contribution in [2.75, 3.05) is 0 Å². The van der Waals surface area contributed by atoms with Crippen molar-refractivity contribution in [3.63, 3.8) is 0 Å². The maximum atomic E-state index is 11.8. The van der Waals surface area contributed by atoms with Crippen LogP contribution in [-0.4, -0.2) is 17.7 Å². The van der Waals surface area contributed by atoms with Crippen LogP contribution in [0, 0.1) is 0 Å². The Bertz CT molecular complexity index is 398. The topological polar surface area (TPSA) is 46.2 Å². The minimum Gasteiger partial charge on any atom is -0.354 e. The van der Waals surface area contributed by atoms with Crippen molar-refractivity contribution in [2.45, 2.75) is 32.7 Å². The van der Waals surface area contributed by atoms with E-state index in [9.17, 15) is 9.59 Å². The molecule has 0 aromatic heterocycles. The van der Waals surface area contributed by atoms with E-state index in [1.807, 2.05) is 26.0 Å². The summed E-state index contributed by atoms with van der Waals surface area (Å²) >= 11 is 3.31. The maximum absolute atomic E-state index is 11.8. The van der Waals surface area contributed by atoms with Gasteiger partial charge in [-0.25, -0.2) is 0 Å². The summed E-state index contributed by atoms with van der Waals surface area (Å²) in [4.78, 5) is 23.1. The van der Waals surface area contributed by atoms with Gasteiger partial charge in [0.1, 0.15) is 0 Å². The number of nitrogens with one attached hydrogen (secondary N) is 1. The van der Waals surface area contributed by atoms with Gasteiger partial charge in [0.05, 0.1) is 0 Å². The Morgan fingerprint density at radius 3 is 2.29 bits per heavy atom. The molecule has 92 valence electrons. The Kier molecular flexibility index (Phi) is 5.35. The number of amides is 1. The van der Waals surface area contributed by atoms with Gasteiger partial charge in [-0.3, -0.25) is 9.59 Å². The number of hydrogen-bond acceptors (Lipinski definition) is 2. The highest BCUT2D eigenvalue weighted by Gasteiger charge is 2.09. The number of Topliss-reactive ketones (excluding diaryl/α,β-unsaturated/α-hetero) is 1. The molecule has 4 heteroatoms. The lowest BCUT2D eigenvalue weighted by molar-refractivity contribution is -0.121. The number of carbonyl (C=O) groups is 2. The quantitative estimate of drug-likeness (QED) is 0.850. The number of carbonyl (C=O) groups excluding carboxylic acids is 2. The van der Waals surface area contributed by atoms with Crippen LogP contribution in [0.3, 0.4) is 0 Å². The predicted octanol–water partition coefficient (Wildman–Crippen LogP) is 2.94. The predicted molar refractivity (Wildman–Crippen MR) is 71.0 cm³/mol. The molecular weight excluding hydrogens is 282 g/mol. The molecule has 1 amide bonds. The van der Waals surface area contributed by atoms with Gasteiger partial charge in [0.2, 0.25) is 5.91 Å². The number of benzene rings is 1. The van der Waals surface area contributed by atoms with E-state index in [0.29, 0.717) is 5.56 Å². The molecule has 1 N–H and O–H groups in total. The van der Waals surface area contributed by atoms with Crippen molar-refractivity contribution in [2.24, 2.45) is 0 Å².